The van der Waals surface area contributed by atoms with Gasteiger partial charge in [0.2, 0.25) is 0 Å². The molecule has 0 bridgehead atoms. The fourth-order valence-corrected chi connectivity index (χ4v) is 3.15. The summed E-state index contributed by atoms with van der Waals surface area (Å²) in [5.74, 6) is -1.58. The van der Waals surface area contributed by atoms with Crippen LogP contribution in [-0.2, 0) is 12.8 Å². The van der Waals surface area contributed by atoms with Crippen LogP contribution in [0.4, 0.5) is 8.78 Å². The lowest BCUT2D eigenvalue weighted by Crippen LogP contribution is -1.94. The van der Waals surface area contributed by atoms with Crippen LogP contribution < -0.4 is 0 Å². The minimum absolute atomic E-state index is 0.300. The first-order chi connectivity index (χ1) is 12.6. The van der Waals surface area contributed by atoms with Crippen LogP contribution in [0.25, 0.3) is 22.3 Å². The van der Waals surface area contributed by atoms with Gasteiger partial charge >= 0.3 is 0 Å². The highest BCUT2D eigenvalue weighted by Crippen LogP contribution is 2.31. The van der Waals surface area contributed by atoms with E-state index in [4.69, 9.17) is 0 Å². The Morgan fingerprint density at radius 2 is 1.08 bits per heavy atom. The van der Waals surface area contributed by atoms with Gasteiger partial charge < -0.3 is 0 Å². The summed E-state index contributed by atoms with van der Waals surface area (Å²) in [6.45, 7) is 4.22. The molecule has 3 aromatic carbocycles. The van der Waals surface area contributed by atoms with Gasteiger partial charge in [0.1, 0.15) is 0 Å². The molecule has 0 aromatic heterocycles. The molecule has 0 saturated carbocycles. The van der Waals surface area contributed by atoms with Crippen molar-refractivity contribution in [3.8, 4) is 22.3 Å². The van der Waals surface area contributed by atoms with Gasteiger partial charge in [-0.15, -0.1) is 0 Å². The summed E-state index contributed by atoms with van der Waals surface area (Å²) in [7, 11) is 0. The van der Waals surface area contributed by atoms with E-state index in [1.807, 2.05) is 48.5 Å². The summed E-state index contributed by atoms with van der Waals surface area (Å²) in [5.41, 5.74) is 4.40. The van der Waals surface area contributed by atoms with Gasteiger partial charge in [0.15, 0.2) is 11.6 Å². The molecule has 0 amide bonds. The molecule has 0 atom stereocenters. The number of hydrogen-bond acceptors (Lipinski definition) is 0. The number of hydrogen-bond donors (Lipinski definition) is 0. The van der Waals surface area contributed by atoms with Gasteiger partial charge in [-0.1, -0.05) is 80.9 Å². The summed E-state index contributed by atoms with van der Waals surface area (Å²) >= 11 is 0. The van der Waals surface area contributed by atoms with Crippen molar-refractivity contribution in [1.29, 1.82) is 0 Å². The molecule has 2 heteroatoms. The average Bonchev–Trinajstić information content (AvgIpc) is 2.69. The van der Waals surface area contributed by atoms with Crippen molar-refractivity contribution in [3.63, 3.8) is 0 Å². The number of rotatable bonds is 6. The Hall–Kier alpha value is -2.48. The van der Waals surface area contributed by atoms with E-state index >= 15 is 0 Å². The molecule has 134 valence electrons. The smallest absolute Gasteiger partial charge is 0.167 e. The van der Waals surface area contributed by atoms with Crippen LogP contribution in [0.3, 0.4) is 0 Å². The lowest BCUT2D eigenvalue weighted by Gasteiger charge is -2.10. The summed E-state index contributed by atoms with van der Waals surface area (Å²) in [5, 5.41) is 0. The maximum Gasteiger partial charge on any atom is 0.167 e. The zero-order valence-electron chi connectivity index (χ0n) is 15.4. The average molecular weight is 350 g/mol. The third-order valence-corrected chi connectivity index (χ3v) is 4.84. The van der Waals surface area contributed by atoms with Gasteiger partial charge in [-0.3, -0.25) is 0 Å². The van der Waals surface area contributed by atoms with Crippen molar-refractivity contribution in [1.82, 2.24) is 0 Å². The zero-order chi connectivity index (χ0) is 18.5. The Labute approximate surface area is 154 Å². The molecule has 0 nitrogen and oxygen atoms in total. The van der Waals surface area contributed by atoms with E-state index in [0.29, 0.717) is 22.3 Å². The lowest BCUT2D eigenvalue weighted by molar-refractivity contribution is 0.514. The van der Waals surface area contributed by atoms with Crippen LogP contribution in [0.15, 0.2) is 60.7 Å². The van der Waals surface area contributed by atoms with Gasteiger partial charge in [0, 0.05) is 11.1 Å². The van der Waals surface area contributed by atoms with E-state index in [-0.39, 0.29) is 0 Å². The Morgan fingerprint density at radius 1 is 0.615 bits per heavy atom. The maximum atomic E-state index is 14.7. The van der Waals surface area contributed by atoms with Gasteiger partial charge in [-0.05, 0) is 41.5 Å². The largest absolute Gasteiger partial charge is 0.203 e. The molecule has 0 aliphatic carbocycles. The number of halogens is 2. The van der Waals surface area contributed by atoms with Gasteiger partial charge in [0.05, 0.1) is 0 Å². The van der Waals surface area contributed by atoms with Crippen molar-refractivity contribution in [2.45, 2.75) is 39.5 Å². The molecule has 0 N–H and O–H groups in total. The molecular formula is C24H24F2. The van der Waals surface area contributed by atoms with E-state index in [0.717, 1.165) is 25.7 Å². The Balaban J connectivity index is 1.91. The second-order valence-electron chi connectivity index (χ2n) is 6.64. The highest BCUT2D eigenvalue weighted by atomic mass is 19.2. The monoisotopic (exact) mass is 350 g/mol. The molecule has 0 radical (unpaired) electrons. The highest BCUT2D eigenvalue weighted by Gasteiger charge is 2.16. The molecule has 3 rings (SSSR count). The third-order valence-electron chi connectivity index (χ3n) is 4.84. The van der Waals surface area contributed by atoms with Gasteiger partial charge in [-0.25, -0.2) is 8.78 Å². The molecule has 0 saturated heterocycles. The molecule has 0 aliphatic heterocycles. The normalized spacial score (nSPS) is 10.9. The van der Waals surface area contributed by atoms with Crippen molar-refractivity contribution in [3.05, 3.63) is 83.4 Å². The fourth-order valence-electron chi connectivity index (χ4n) is 3.15. The maximum absolute atomic E-state index is 14.7. The topological polar surface area (TPSA) is 0 Å². The van der Waals surface area contributed by atoms with Crippen LogP contribution >= 0.6 is 0 Å². The predicted molar refractivity (Wildman–Crippen MR) is 105 cm³/mol. The molecular weight excluding hydrogens is 326 g/mol. The molecule has 0 unspecified atom stereocenters. The summed E-state index contributed by atoms with van der Waals surface area (Å²) < 4.78 is 29.4. The number of unbranched alkanes of at least 4 members (excludes halogenated alkanes) is 1. The molecule has 26 heavy (non-hydrogen) atoms. The Morgan fingerprint density at radius 3 is 1.50 bits per heavy atom. The van der Waals surface area contributed by atoms with Crippen LogP contribution in [0.1, 0.15) is 37.8 Å². The predicted octanol–water partition coefficient (Wildman–Crippen LogP) is 7.20. The third kappa shape index (κ3) is 3.85. The Kier molecular flexibility index (Phi) is 5.82. The second kappa shape index (κ2) is 8.27. The molecule has 0 aliphatic rings. The first-order valence-corrected chi connectivity index (χ1v) is 9.30. The quantitative estimate of drug-likeness (QED) is 0.441. The van der Waals surface area contributed by atoms with Crippen LogP contribution in [-0.4, -0.2) is 0 Å². The van der Waals surface area contributed by atoms with E-state index in [1.165, 1.54) is 11.1 Å². The van der Waals surface area contributed by atoms with Crippen LogP contribution in [0, 0.1) is 11.6 Å². The Bertz CT molecular complexity index is 862. The first-order valence-electron chi connectivity index (χ1n) is 9.30. The lowest BCUT2D eigenvalue weighted by atomic mass is 9.97. The number of aryl methyl sites for hydroxylation is 2. The summed E-state index contributed by atoms with van der Waals surface area (Å²) in [6.07, 6.45) is 4.21. The minimum Gasteiger partial charge on any atom is -0.203 e. The van der Waals surface area contributed by atoms with E-state index in [1.54, 1.807) is 12.1 Å². The second-order valence-corrected chi connectivity index (χ2v) is 6.64. The standard InChI is InChI=1S/C24H24F2/c1-3-5-6-18-9-13-20(14-10-18)22-16-15-21(23(25)24(22)26)19-11-7-17(4-2)8-12-19/h7-16H,3-6H2,1-2H3. The minimum atomic E-state index is -0.790. The summed E-state index contributed by atoms with van der Waals surface area (Å²) in [6, 6.07) is 18.7. The van der Waals surface area contributed by atoms with E-state index < -0.39 is 11.6 Å². The highest BCUT2D eigenvalue weighted by molar-refractivity contribution is 5.72. The van der Waals surface area contributed by atoms with Crippen LogP contribution in [0.2, 0.25) is 0 Å². The summed E-state index contributed by atoms with van der Waals surface area (Å²) in [4.78, 5) is 0. The SMILES string of the molecule is CCCCc1ccc(-c2ccc(-c3ccc(CC)cc3)c(F)c2F)cc1. The fraction of sp³-hybridized carbons (Fsp3) is 0.250. The van der Waals surface area contributed by atoms with Crippen molar-refractivity contribution in [2.24, 2.45) is 0 Å². The van der Waals surface area contributed by atoms with Gasteiger partial charge in [0.25, 0.3) is 0 Å². The van der Waals surface area contributed by atoms with Crippen molar-refractivity contribution in [2.75, 3.05) is 0 Å². The molecule has 0 spiro atoms. The molecule has 3 aromatic rings. The molecule has 0 heterocycles. The van der Waals surface area contributed by atoms with Crippen molar-refractivity contribution >= 4 is 0 Å². The van der Waals surface area contributed by atoms with Crippen LogP contribution in [0.5, 0.6) is 0 Å². The van der Waals surface area contributed by atoms with E-state index in [2.05, 4.69) is 13.8 Å². The van der Waals surface area contributed by atoms with E-state index in [9.17, 15) is 8.78 Å². The molecule has 0 fully saturated rings. The zero-order valence-corrected chi connectivity index (χ0v) is 15.4. The van der Waals surface area contributed by atoms with Gasteiger partial charge in [-0.2, -0.15) is 0 Å². The van der Waals surface area contributed by atoms with Crippen molar-refractivity contribution < 1.29 is 8.78 Å². The number of benzene rings is 3. The first kappa shape index (κ1) is 18.3.